The Bertz CT molecular complexity index is 17.2. The average molecular weight is 107 g/mol. The van der Waals surface area contributed by atoms with Crippen LogP contribution in [0.15, 0.2) is 0 Å². The first kappa shape index (κ1) is 9.99. The first-order valence-corrected chi connectivity index (χ1v) is 2.32. The molecule has 0 saturated carbocycles. The van der Waals surface area contributed by atoms with Gasteiger partial charge in [0.15, 0.2) is 0 Å². The fourth-order valence-electron chi connectivity index (χ4n) is 0.250. The van der Waals surface area contributed by atoms with E-state index in [2.05, 4.69) is 19.2 Å². The summed E-state index contributed by atoms with van der Waals surface area (Å²) in [6.45, 7) is 6.39. The Kier molecular flexibility index (Phi) is 24.1. The van der Waals surface area contributed by atoms with Crippen molar-refractivity contribution in [2.45, 2.75) is 13.8 Å². The SMILES string of the molecule is CCNCC.OO. The van der Waals surface area contributed by atoms with Crippen LogP contribution in [0.2, 0.25) is 0 Å². The average Bonchev–Trinajstić information content (AvgIpc) is 1.75. The van der Waals surface area contributed by atoms with Gasteiger partial charge in [-0.2, -0.15) is 0 Å². The smallest absolute Gasteiger partial charge is 0.00775 e. The molecule has 0 bridgehead atoms. The Hall–Kier alpha value is -0.120. The van der Waals surface area contributed by atoms with Gasteiger partial charge in [0.1, 0.15) is 0 Å². The molecule has 0 aromatic heterocycles. The highest BCUT2D eigenvalue weighted by Crippen LogP contribution is 1.47. The third kappa shape index (κ3) is 25.0. The van der Waals surface area contributed by atoms with E-state index in [1.165, 1.54) is 0 Å². The highest BCUT2D eigenvalue weighted by molar-refractivity contribution is 4.27. The van der Waals surface area contributed by atoms with Crippen LogP contribution >= 0.6 is 0 Å². The fourth-order valence-corrected chi connectivity index (χ4v) is 0.250. The first-order valence-electron chi connectivity index (χ1n) is 2.32. The van der Waals surface area contributed by atoms with Crippen molar-refractivity contribution in [3.05, 3.63) is 0 Å². The van der Waals surface area contributed by atoms with E-state index in [1.807, 2.05) is 0 Å². The van der Waals surface area contributed by atoms with Gasteiger partial charge in [0.2, 0.25) is 0 Å². The van der Waals surface area contributed by atoms with E-state index in [4.69, 9.17) is 10.5 Å². The summed E-state index contributed by atoms with van der Waals surface area (Å²) < 4.78 is 0. The highest BCUT2D eigenvalue weighted by Gasteiger charge is 1.62. The van der Waals surface area contributed by atoms with Crippen molar-refractivity contribution in [2.75, 3.05) is 13.1 Å². The summed E-state index contributed by atoms with van der Waals surface area (Å²) in [5.74, 6) is 0. The number of nitrogens with one attached hydrogen (secondary N) is 1. The molecule has 0 atom stereocenters. The minimum atomic E-state index is 1.09. The lowest BCUT2D eigenvalue weighted by Crippen LogP contribution is -2.09. The normalized spacial score (nSPS) is 6.86. The van der Waals surface area contributed by atoms with Gasteiger partial charge in [-0.25, -0.2) is 0 Å². The molecule has 0 aliphatic heterocycles. The van der Waals surface area contributed by atoms with Crippen LogP contribution in [-0.4, -0.2) is 23.6 Å². The molecular weight excluding hydrogens is 94.0 g/mol. The fraction of sp³-hybridized carbons (Fsp3) is 1.00. The number of hydrogen-bond acceptors (Lipinski definition) is 3. The second-order valence-electron chi connectivity index (χ2n) is 0.957. The lowest BCUT2D eigenvalue weighted by atomic mass is 10.7. The third-order valence-corrected chi connectivity index (χ3v) is 0.500. The van der Waals surface area contributed by atoms with Crippen LogP contribution in [0.25, 0.3) is 0 Å². The van der Waals surface area contributed by atoms with Gasteiger partial charge < -0.3 is 5.32 Å². The van der Waals surface area contributed by atoms with Gasteiger partial charge in [-0.1, -0.05) is 13.8 Å². The largest absolute Gasteiger partial charge is 0.317 e. The van der Waals surface area contributed by atoms with Crippen LogP contribution in [0.3, 0.4) is 0 Å². The van der Waals surface area contributed by atoms with Crippen LogP contribution in [-0.2, 0) is 0 Å². The summed E-state index contributed by atoms with van der Waals surface area (Å²) in [5.41, 5.74) is 0. The molecule has 7 heavy (non-hydrogen) atoms. The topological polar surface area (TPSA) is 52.5 Å². The standard InChI is InChI=1S/C4H11N.H2O2/c1-3-5-4-2;1-2/h5H,3-4H2,1-2H3;1-2H. The molecule has 0 aromatic carbocycles. The second-order valence-corrected chi connectivity index (χ2v) is 0.957. The van der Waals surface area contributed by atoms with E-state index >= 15 is 0 Å². The molecule has 0 radical (unpaired) electrons. The van der Waals surface area contributed by atoms with Crippen molar-refractivity contribution in [3.8, 4) is 0 Å². The van der Waals surface area contributed by atoms with Crippen molar-refractivity contribution in [3.63, 3.8) is 0 Å². The molecular formula is C4H13NO2. The minimum Gasteiger partial charge on any atom is -0.317 e. The zero-order valence-corrected chi connectivity index (χ0v) is 4.81. The summed E-state index contributed by atoms with van der Waals surface area (Å²) in [6, 6.07) is 0. The van der Waals surface area contributed by atoms with Crippen molar-refractivity contribution < 1.29 is 10.5 Å². The Morgan fingerprint density at radius 3 is 1.43 bits per heavy atom. The lowest BCUT2D eigenvalue weighted by molar-refractivity contribution is -0.176. The Morgan fingerprint density at radius 1 is 1.14 bits per heavy atom. The predicted octanol–water partition coefficient (Wildman–Crippen LogP) is 0.633. The van der Waals surface area contributed by atoms with E-state index in [0.717, 1.165) is 13.1 Å². The lowest BCUT2D eigenvalue weighted by Gasteiger charge is -1.86. The molecule has 0 saturated heterocycles. The van der Waals surface area contributed by atoms with Gasteiger partial charge in [-0.3, -0.25) is 10.5 Å². The Balaban J connectivity index is 0. The molecule has 3 N–H and O–H groups in total. The van der Waals surface area contributed by atoms with Gasteiger partial charge in [0.25, 0.3) is 0 Å². The molecule has 0 fully saturated rings. The maximum Gasteiger partial charge on any atom is -0.00775 e. The Morgan fingerprint density at radius 2 is 1.43 bits per heavy atom. The van der Waals surface area contributed by atoms with Crippen LogP contribution in [0.1, 0.15) is 13.8 Å². The van der Waals surface area contributed by atoms with E-state index in [0.29, 0.717) is 0 Å². The molecule has 0 rings (SSSR count). The van der Waals surface area contributed by atoms with Crippen LogP contribution in [0, 0.1) is 0 Å². The molecule has 0 aromatic rings. The van der Waals surface area contributed by atoms with E-state index in [9.17, 15) is 0 Å². The molecule has 0 spiro atoms. The van der Waals surface area contributed by atoms with Gasteiger partial charge in [0, 0.05) is 0 Å². The first-order chi connectivity index (χ1) is 3.41. The summed E-state index contributed by atoms with van der Waals surface area (Å²) >= 11 is 0. The number of rotatable bonds is 2. The highest BCUT2D eigenvalue weighted by atomic mass is 17.0. The zero-order chi connectivity index (χ0) is 6.12. The Labute approximate surface area is 43.9 Å². The quantitative estimate of drug-likeness (QED) is 0.358. The van der Waals surface area contributed by atoms with Gasteiger partial charge in [-0.15, -0.1) is 0 Å². The van der Waals surface area contributed by atoms with Crippen LogP contribution in [0.5, 0.6) is 0 Å². The van der Waals surface area contributed by atoms with Gasteiger partial charge in [-0.05, 0) is 13.1 Å². The van der Waals surface area contributed by atoms with Crippen LogP contribution in [0.4, 0.5) is 0 Å². The van der Waals surface area contributed by atoms with Gasteiger partial charge >= 0.3 is 0 Å². The molecule has 0 amide bonds. The van der Waals surface area contributed by atoms with E-state index in [-0.39, 0.29) is 0 Å². The van der Waals surface area contributed by atoms with E-state index in [1.54, 1.807) is 0 Å². The summed E-state index contributed by atoms with van der Waals surface area (Å²) in [5, 5.41) is 15.1. The van der Waals surface area contributed by atoms with Crippen molar-refractivity contribution >= 4 is 0 Å². The molecule has 46 valence electrons. The van der Waals surface area contributed by atoms with Crippen molar-refractivity contribution in [1.82, 2.24) is 5.32 Å². The second kappa shape index (κ2) is 16.9. The van der Waals surface area contributed by atoms with Gasteiger partial charge in [0.05, 0.1) is 0 Å². The van der Waals surface area contributed by atoms with Crippen LogP contribution < -0.4 is 5.32 Å². The van der Waals surface area contributed by atoms with E-state index < -0.39 is 0 Å². The third-order valence-electron chi connectivity index (χ3n) is 0.500. The van der Waals surface area contributed by atoms with Crippen molar-refractivity contribution in [1.29, 1.82) is 0 Å². The molecule has 0 aliphatic rings. The molecule has 0 unspecified atom stereocenters. The minimum absolute atomic E-state index is 1.09. The maximum atomic E-state index is 6.00. The molecule has 3 heteroatoms. The molecule has 0 aliphatic carbocycles. The summed E-state index contributed by atoms with van der Waals surface area (Å²) in [4.78, 5) is 0. The monoisotopic (exact) mass is 107 g/mol. The number of hydrogen-bond donors (Lipinski definition) is 3. The molecule has 3 nitrogen and oxygen atoms in total. The molecule has 0 heterocycles. The van der Waals surface area contributed by atoms with Crippen molar-refractivity contribution in [2.24, 2.45) is 0 Å². The summed E-state index contributed by atoms with van der Waals surface area (Å²) in [7, 11) is 0. The predicted molar refractivity (Wildman–Crippen MR) is 29.5 cm³/mol. The zero-order valence-electron chi connectivity index (χ0n) is 4.81. The maximum absolute atomic E-state index is 6.00. The summed E-state index contributed by atoms with van der Waals surface area (Å²) in [6.07, 6.45) is 0.